The van der Waals surface area contributed by atoms with Crippen LogP contribution in [0.3, 0.4) is 0 Å². The summed E-state index contributed by atoms with van der Waals surface area (Å²) in [6.45, 7) is 1.90. The Morgan fingerprint density at radius 3 is 2.63 bits per heavy atom. The minimum absolute atomic E-state index is 0.0438. The van der Waals surface area contributed by atoms with E-state index in [1.807, 2.05) is 0 Å². The van der Waals surface area contributed by atoms with Gasteiger partial charge in [-0.25, -0.2) is 8.42 Å². The van der Waals surface area contributed by atoms with E-state index in [4.69, 9.17) is 20.8 Å². The SMILES string of the molecule is CN(CC1CCOCC1)S(=O)(=O)c1ccc(CCl)o1. The lowest BCUT2D eigenvalue weighted by Gasteiger charge is -2.26. The number of furan rings is 1. The molecule has 19 heavy (non-hydrogen) atoms. The van der Waals surface area contributed by atoms with Crippen molar-refractivity contribution in [2.24, 2.45) is 5.92 Å². The van der Waals surface area contributed by atoms with Gasteiger partial charge in [-0.3, -0.25) is 0 Å². The first-order chi connectivity index (χ1) is 9.04. The first kappa shape index (κ1) is 14.8. The lowest BCUT2D eigenvalue weighted by atomic mass is 10.0. The molecule has 1 saturated heterocycles. The minimum Gasteiger partial charge on any atom is -0.447 e. The maximum absolute atomic E-state index is 12.3. The first-order valence-corrected chi connectivity index (χ1v) is 8.20. The Labute approximate surface area is 118 Å². The van der Waals surface area contributed by atoms with Crippen molar-refractivity contribution in [3.05, 3.63) is 17.9 Å². The Balaban J connectivity index is 2.05. The number of hydrogen-bond donors (Lipinski definition) is 0. The molecule has 2 rings (SSSR count). The van der Waals surface area contributed by atoms with Crippen molar-refractivity contribution in [3.8, 4) is 0 Å². The summed E-state index contributed by atoms with van der Waals surface area (Å²) in [7, 11) is -1.98. The zero-order chi connectivity index (χ0) is 13.9. The number of halogens is 1. The fourth-order valence-electron chi connectivity index (χ4n) is 2.11. The maximum Gasteiger partial charge on any atom is 0.276 e. The molecule has 1 aromatic rings. The Morgan fingerprint density at radius 1 is 1.37 bits per heavy atom. The van der Waals surface area contributed by atoms with Crippen LogP contribution in [0.4, 0.5) is 0 Å². The highest BCUT2D eigenvalue weighted by Gasteiger charge is 2.27. The van der Waals surface area contributed by atoms with E-state index < -0.39 is 10.0 Å². The summed E-state index contributed by atoms with van der Waals surface area (Å²) in [4.78, 5) is 0. The lowest BCUT2D eigenvalue weighted by Crippen LogP contribution is -2.34. The van der Waals surface area contributed by atoms with Gasteiger partial charge >= 0.3 is 0 Å². The standard InChI is InChI=1S/C12H18ClNO4S/c1-14(9-10-4-6-17-7-5-10)19(15,16)12-3-2-11(8-13)18-12/h2-3,10H,4-9H2,1H3. The van der Waals surface area contributed by atoms with Crippen LogP contribution in [0.1, 0.15) is 18.6 Å². The van der Waals surface area contributed by atoms with E-state index in [0.717, 1.165) is 12.8 Å². The van der Waals surface area contributed by atoms with Crippen LogP contribution in [0.25, 0.3) is 0 Å². The number of hydrogen-bond acceptors (Lipinski definition) is 4. The summed E-state index contributed by atoms with van der Waals surface area (Å²) >= 11 is 5.61. The molecule has 0 saturated carbocycles. The van der Waals surface area contributed by atoms with Gasteiger partial charge in [0.25, 0.3) is 10.0 Å². The van der Waals surface area contributed by atoms with Gasteiger partial charge in [-0.2, -0.15) is 4.31 Å². The second kappa shape index (κ2) is 6.26. The molecular formula is C12H18ClNO4S. The van der Waals surface area contributed by atoms with Gasteiger partial charge in [0.15, 0.2) is 0 Å². The molecule has 0 amide bonds. The third kappa shape index (κ3) is 3.51. The summed E-state index contributed by atoms with van der Waals surface area (Å²) in [6, 6.07) is 3.04. The van der Waals surface area contributed by atoms with Gasteiger partial charge in [-0.1, -0.05) is 0 Å². The van der Waals surface area contributed by atoms with Crippen LogP contribution in [-0.4, -0.2) is 39.5 Å². The average Bonchev–Trinajstić information content (AvgIpc) is 2.89. The van der Waals surface area contributed by atoms with Crippen molar-refractivity contribution >= 4 is 21.6 Å². The molecule has 2 heterocycles. The number of alkyl halides is 1. The third-order valence-electron chi connectivity index (χ3n) is 3.29. The Hall–Kier alpha value is -0.560. The summed E-state index contributed by atoms with van der Waals surface area (Å²) in [5.41, 5.74) is 0. The Morgan fingerprint density at radius 2 is 2.05 bits per heavy atom. The fraction of sp³-hybridized carbons (Fsp3) is 0.667. The minimum atomic E-state index is -3.56. The topological polar surface area (TPSA) is 59.8 Å². The van der Waals surface area contributed by atoms with Gasteiger partial charge in [-0.15, -0.1) is 11.6 Å². The molecule has 108 valence electrons. The van der Waals surface area contributed by atoms with Gasteiger partial charge in [0.2, 0.25) is 5.09 Å². The molecule has 0 unspecified atom stereocenters. The summed E-state index contributed by atoms with van der Waals surface area (Å²) in [5, 5.41) is -0.0438. The summed E-state index contributed by atoms with van der Waals surface area (Å²) in [5.74, 6) is 0.967. The normalized spacial score (nSPS) is 18.1. The van der Waals surface area contributed by atoms with Gasteiger partial charge in [0.05, 0.1) is 5.88 Å². The highest BCUT2D eigenvalue weighted by atomic mass is 35.5. The van der Waals surface area contributed by atoms with Crippen molar-refractivity contribution in [2.45, 2.75) is 23.8 Å². The van der Waals surface area contributed by atoms with Gasteiger partial charge in [-0.05, 0) is 30.9 Å². The zero-order valence-electron chi connectivity index (χ0n) is 10.8. The lowest BCUT2D eigenvalue weighted by molar-refractivity contribution is 0.0619. The van der Waals surface area contributed by atoms with Gasteiger partial charge in [0, 0.05) is 26.8 Å². The van der Waals surface area contributed by atoms with Crippen molar-refractivity contribution in [1.29, 1.82) is 0 Å². The molecule has 7 heteroatoms. The molecule has 0 atom stereocenters. The molecule has 1 aliphatic heterocycles. The predicted octanol–water partition coefficient (Wildman–Crippen LogP) is 2.07. The Bertz CT molecular complexity index is 508. The van der Waals surface area contributed by atoms with Crippen molar-refractivity contribution in [2.75, 3.05) is 26.8 Å². The first-order valence-electron chi connectivity index (χ1n) is 6.23. The van der Waals surface area contributed by atoms with E-state index in [-0.39, 0.29) is 11.0 Å². The molecule has 1 fully saturated rings. The second-order valence-corrected chi connectivity index (χ2v) is 6.94. The fourth-order valence-corrected chi connectivity index (χ4v) is 3.42. The number of rotatable bonds is 5. The highest BCUT2D eigenvalue weighted by molar-refractivity contribution is 7.89. The number of ether oxygens (including phenoxy) is 1. The van der Waals surface area contributed by atoms with Crippen LogP contribution in [-0.2, 0) is 20.6 Å². The predicted molar refractivity (Wildman–Crippen MR) is 71.6 cm³/mol. The van der Waals surface area contributed by atoms with E-state index in [1.165, 1.54) is 10.4 Å². The van der Waals surface area contributed by atoms with Crippen LogP contribution in [0.5, 0.6) is 0 Å². The Kier molecular flexibility index (Phi) is 4.89. The van der Waals surface area contributed by atoms with Crippen LogP contribution in [0.15, 0.2) is 21.6 Å². The smallest absolute Gasteiger partial charge is 0.276 e. The van der Waals surface area contributed by atoms with Crippen LogP contribution in [0, 0.1) is 5.92 Å². The molecule has 0 radical (unpaired) electrons. The number of sulfonamides is 1. The molecular weight excluding hydrogens is 290 g/mol. The molecule has 0 aromatic carbocycles. The molecule has 0 bridgehead atoms. The summed E-state index contributed by atoms with van der Waals surface area (Å²) < 4.78 is 36.4. The quantitative estimate of drug-likeness (QED) is 0.781. The zero-order valence-corrected chi connectivity index (χ0v) is 12.4. The second-order valence-electron chi connectivity index (χ2n) is 4.70. The van der Waals surface area contributed by atoms with E-state index in [1.54, 1.807) is 13.1 Å². The summed E-state index contributed by atoms with van der Waals surface area (Å²) in [6.07, 6.45) is 1.79. The van der Waals surface area contributed by atoms with Crippen molar-refractivity contribution in [1.82, 2.24) is 4.31 Å². The van der Waals surface area contributed by atoms with Crippen LogP contribution >= 0.6 is 11.6 Å². The van der Waals surface area contributed by atoms with Crippen LogP contribution in [0.2, 0.25) is 0 Å². The van der Waals surface area contributed by atoms with Gasteiger partial charge in [0.1, 0.15) is 5.76 Å². The molecule has 5 nitrogen and oxygen atoms in total. The van der Waals surface area contributed by atoms with E-state index >= 15 is 0 Å². The molecule has 1 aliphatic rings. The number of nitrogens with zero attached hydrogens (tertiary/aromatic N) is 1. The maximum atomic E-state index is 12.3. The van der Waals surface area contributed by atoms with E-state index in [9.17, 15) is 8.42 Å². The molecule has 0 N–H and O–H groups in total. The monoisotopic (exact) mass is 307 g/mol. The van der Waals surface area contributed by atoms with E-state index in [2.05, 4.69) is 0 Å². The molecule has 0 aliphatic carbocycles. The van der Waals surface area contributed by atoms with E-state index in [0.29, 0.717) is 31.4 Å². The molecule has 1 aromatic heterocycles. The van der Waals surface area contributed by atoms with Crippen LogP contribution < -0.4 is 0 Å². The van der Waals surface area contributed by atoms with Gasteiger partial charge < -0.3 is 9.15 Å². The average molecular weight is 308 g/mol. The van der Waals surface area contributed by atoms with Crippen molar-refractivity contribution < 1.29 is 17.6 Å². The third-order valence-corrected chi connectivity index (χ3v) is 5.25. The highest BCUT2D eigenvalue weighted by Crippen LogP contribution is 2.22. The molecule has 0 spiro atoms. The van der Waals surface area contributed by atoms with Crippen molar-refractivity contribution in [3.63, 3.8) is 0 Å². The largest absolute Gasteiger partial charge is 0.447 e.